The number of rotatable bonds is 5. The van der Waals surface area contributed by atoms with Crippen LogP contribution in [-0.4, -0.2) is 29.4 Å². The van der Waals surface area contributed by atoms with Gasteiger partial charge in [0.2, 0.25) is 11.8 Å². The number of nitrogens with one attached hydrogen (secondary N) is 3. The van der Waals surface area contributed by atoms with E-state index >= 15 is 0 Å². The van der Waals surface area contributed by atoms with E-state index in [1.807, 2.05) is 44.3 Å². The average molecular weight is 273 g/mol. The second-order valence-corrected chi connectivity index (χ2v) is 5.04. The number of hydrogen-bond acceptors (Lipinski definition) is 2. The highest BCUT2D eigenvalue weighted by atomic mass is 16.2. The highest BCUT2D eigenvalue weighted by Crippen LogP contribution is 2.17. The molecule has 2 rings (SSSR count). The molecule has 0 radical (unpaired) electrons. The monoisotopic (exact) mass is 273 g/mol. The van der Waals surface area contributed by atoms with Crippen molar-refractivity contribution in [2.45, 2.75) is 26.3 Å². The molecule has 2 amide bonds. The van der Waals surface area contributed by atoms with Gasteiger partial charge in [-0.3, -0.25) is 9.59 Å². The summed E-state index contributed by atoms with van der Waals surface area (Å²) < 4.78 is 0. The van der Waals surface area contributed by atoms with E-state index in [1.54, 1.807) is 0 Å². The molecule has 0 bridgehead atoms. The lowest BCUT2D eigenvalue weighted by atomic mass is 10.1. The van der Waals surface area contributed by atoms with Crippen LogP contribution in [0.2, 0.25) is 0 Å². The zero-order valence-corrected chi connectivity index (χ0v) is 11.7. The number of amides is 2. The van der Waals surface area contributed by atoms with E-state index < -0.39 is 0 Å². The second-order valence-electron chi connectivity index (χ2n) is 5.04. The summed E-state index contributed by atoms with van der Waals surface area (Å²) in [5.41, 5.74) is 1.94. The van der Waals surface area contributed by atoms with Crippen molar-refractivity contribution in [3.05, 3.63) is 36.0 Å². The standard InChI is InChI=1S/C15H19N3O2/c1-10(2)18-15(20)9-17-14(19)7-11-8-16-13-6-4-3-5-12(11)13/h3-6,8,10,16H,7,9H2,1-2H3,(H,17,19)(H,18,20). The van der Waals surface area contributed by atoms with Crippen molar-refractivity contribution >= 4 is 22.7 Å². The summed E-state index contributed by atoms with van der Waals surface area (Å²) >= 11 is 0. The van der Waals surface area contributed by atoms with Gasteiger partial charge in [-0.25, -0.2) is 0 Å². The molecule has 5 heteroatoms. The predicted molar refractivity (Wildman–Crippen MR) is 78.3 cm³/mol. The van der Waals surface area contributed by atoms with Gasteiger partial charge < -0.3 is 15.6 Å². The summed E-state index contributed by atoms with van der Waals surface area (Å²) in [6, 6.07) is 7.90. The van der Waals surface area contributed by atoms with Crippen molar-refractivity contribution in [2.75, 3.05) is 6.54 Å². The van der Waals surface area contributed by atoms with Crippen molar-refractivity contribution in [3.8, 4) is 0 Å². The first-order chi connectivity index (χ1) is 9.56. The summed E-state index contributed by atoms with van der Waals surface area (Å²) in [5, 5.41) is 6.39. The molecule has 1 aromatic carbocycles. The fraction of sp³-hybridized carbons (Fsp3) is 0.333. The zero-order chi connectivity index (χ0) is 14.5. The molecular weight excluding hydrogens is 254 g/mol. The van der Waals surface area contributed by atoms with Crippen molar-refractivity contribution in [3.63, 3.8) is 0 Å². The molecule has 3 N–H and O–H groups in total. The molecule has 0 spiro atoms. The Kier molecular flexibility index (Phi) is 4.40. The van der Waals surface area contributed by atoms with Gasteiger partial charge in [-0.2, -0.15) is 0 Å². The molecule has 0 saturated carbocycles. The lowest BCUT2D eigenvalue weighted by molar-refractivity contribution is -0.126. The maximum atomic E-state index is 11.8. The van der Waals surface area contributed by atoms with Gasteiger partial charge in [0.15, 0.2) is 0 Å². The second kappa shape index (κ2) is 6.23. The Hall–Kier alpha value is -2.30. The minimum Gasteiger partial charge on any atom is -0.361 e. The molecule has 2 aromatic rings. The minimum absolute atomic E-state index is 0.0133. The lowest BCUT2D eigenvalue weighted by Gasteiger charge is -2.09. The van der Waals surface area contributed by atoms with E-state index in [1.165, 1.54) is 0 Å². The van der Waals surface area contributed by atoms with Gasteiger partial charge in [0.25, 0.3) is 0 Å². The largest absolute Gasteiger partial charge is 0.361 e. The van der Waals surface area contributed by atoms with Crippen molar-refractivity contribution in [1.82, 2.24) is 15.6 Å². The average Bonchev–Trinajstić information content (AvgIpc) is 2.79. The van der Waals surface area contributed by atoms with Crippen LogP contribution < -0.4 is 10.6 Å². The van der Waals surface area contributed by atoms with Gasteiger partial charge in [0.05, 0.1) is 13.0 Å². The first-order valence-corrected chi connectivity index (χ1v) is 6.67. The van der Waals surface area contributed by atoms with Crippen LogP contribution in [-0.2, 0) is 16.0 Å². The Morgan fingerprint density at radius 3 is 2.70 bits per heavy atom. The Bertz CT molecular complexity index is 616. The van der Waals surface area contributed by atoms with Crippen LogP contribution in [0.1, 0.15) is 19.4 Å². The first kappa shape index (κ1) is 14.1. The van der Waals surface area contributed by atoms with Crippen LogP contribution in [0.5, 0.6) is 0 Å². The number of carbonyl (C=O) groups is 2. The molecule has 0 aliphatic rings. The van der Waals surface area contributed by atoms with Crippen LogP contribution in [0.3, 0.4) is 0 Å². The Morgan fingerprint density at radius 1 is 1.20 bits per heavy atom. The van der Waals surface area contributed by atoms with Crippen LogP contribution in [0.15, 0.2) is 30.5 Å². The van der Waals surface area contributed by atoms with Gasteiger partial charge in [0, 0.05) is 23.1 Å². The highest BCUT2D eigenvalue weighted by Gasteiger charge is 2.10. The maximum absolute atomic E-state index is 11.8. The minimum atomic E-state index is -0.174. The third kappa shape index (κ3) is 3.60. The topological polar surface area (TPSA) is 74.0 Å². The van der Waals surface area contributed by atoms with Gasteiger partial charge in [0.1, 0.15) is 0 Å². The van der Waals surface area contributed by atoms with Gasteiger partial charge in [-0.1, -0.05) is 18.2 Å². The molecule has 20 heavy (non-hydrogen) atoms. The third-order valence-electron chi connectivity index (χ3n) is 2.92. The lowest BCUT2D eigenvalue weighted by Crippen LogP contribution is -2.40. The fourth-order valence-electron chi connectivity index (χ4n) is 2.07. The number of H-pyrrole nitrogens is 1. The van der Waals surface area contributed by atoms with Gasteiger partial charge in [-0.05, 0) is 25.5 Å². The van der Waals surface area contributed by atoms with Crippen LogP contribution >= 0.6 is 0 Å². The molecule has 1 heterocycles. The van der Waals surface area contributed by atoms with Crippen LogP contribution in [0.4, 0.5) is 0 Å². The van der Waals surface area contributed by atoms with E-state index in [0.717, 1.165) is 16.5 Å². The van der Waals surface area contributed by atoms with E-state index in [-0.39, 0.29) is 30.8 Å². The van der Waals surface area contributed by atoms with Crippen molar-refractivity contribution in [2.24, 2.45) is 0 Å². The van der Waals surface area contributed by atoms with Crippen LogP contribution in [0.25, 0.3) is 10.9 Å². The highest BCUT2D eigenvalue weighted by molar-refractivity contribution is 5.90. The third-order valence-corrected chi connectivity index (χ3v) is 2.92. The molecule has 1 aromatic heterocycles. The van der Waals surface area contributed by atoms with E-state index in [9.17, 15) is 9.59 Å². The fourth-order valence-corrected chi connectivity index (χ4v) is 2.07. The van der Waals surface area contributed by atoms with Crippen molar-refractivity contribution < 1.29 is 9.59 Å². The Morgan fingerprint density at radius 2 is 1.95 bits per heavy atom. The summed E-state index contributed by atoms with van der Waals surface area (Å²) in [7, 11) is 0. The van der Waals surface area contributed by atoms with E-state index in [2.05, 4.69) is 15.6 Å². The molecule has 0 aliphatic heterocycles. The molecule has 0 fully saturated rings. The number of carbonyl (C=O) groups excluding carboxylic acids is 2. The number of hydrogen-bond donors (Lipinski definition) is 3. The SMILES string of the molecule is CC(C)NC(=O)CNC(=O)Cc1c[nH]c2ccccc12. The van der Waals surface area contributed by atoms with E-state index in [4.69, 9.17) is 0 Å². The first-order valence-electron chi connectivity index (χ1n) is 6.67. The Balaban J connectivity index is 1.90. The predicted octanol–water partition coefficient (Wildman–Crippen LogP) is 1.35. The number of benzene rings is 1. The molecule has 106 valence electrons. The number of fused-ring (bicyclic) bond motifs is 1. The number of aromatic nitrogens is 1. The van der Waals surface area contributed by atoms with Crippen LogP contribution in [0, 0.1) is 0 Å². The normalized spacial score (nSPS) is 10.8. The summed E-state index contributed by atoms with van der Waals surface area (Å²) in [4.78, 5) is 26.4. The molecule has 0 atom stereocenters. The van der Waals surface area contributed by atoms with Gasteiger partial charge >= 0.3 is 0 Å². The summed E-state index contributed by atoms with van der Waals surface area (Å²) in [5.74, 6) is -0.332. The molecule has 0 saturated heterocycles. The zero-order valence-electron chi connectivity index (χ0n) is 11.7. The summed E-state index contributed by atoms with van der Waals surface area (Å²) in [6.45, 7) is 3.77. The molecule has 0 unspecified atom stereocenters. The molecule has 5 nitrogen and oxygen atoms in total. The van der Waals surface area contributed by atoms with E-state index in [0.29, 0.717) is 0 Å². The smallest absolute Gasteiger partial charge is 0.239 e. The maximum Gasteiger partial charge on any atom is 0.239 e. The summed E-state index contributed by atoms with van der Waals surface area (Å²) in [6.07, 6.45) is 2.09. The molecule has 0 aliphatic carbocycles. The number of para-hydroxylation sites is 1. The molecular formula is C15H19N3O2. The number of aromatic amines is 1. The quantitative estimate of drug-likeness (QED) is 0.769. The van der Waals surface area contributed by atoms with Crippen molar-refractivity contribution in [1.29, 1.82) is 0 Å². The Labute approximate surface area is 117 Å². The van der Waals surface area contributed by atoms with Gasteiger partial charge in [-0.15, -0.1) is 0 Å².